The number of rotatable bonds is 4. The lowest BCUT2D eigenvalue weighted by Gasteiger charge is -2.21. The van der Waals surface area contributed by atoms with Crippen molar-refractivity contribution in [3.63, 3.8) is 0 Å². The molecular weight excluding hydrogens is 340 g/mol. The number of pyridine rings is 2. The Kier molecular flexibility index (Phi) is 3.41. The number of nitriles is 1. The number of carbonyl (C=O) groups is 1. The molecule has 2 fully saturated rings. The first-order valence-electron chi connectivity index (χ1n) is 9.09. The fourth-order valence-electron chi connectivity index (χ4n) is 3.93. The molecular formula is C20H18N6O. The molecule has 0 spiro atoms. The van der Waals surface area contributed by atoms with Crippen molar-refractivity contribution in [2.24, 2.45) is 11.3 Å². The lowest BCUT2D eigenvalue weighted by atomic mass is 9.83. The second-order valence-corrected chi connectivity index (χ2v) is 7.22. The summed E-state index contributed by atoms with van der Waals surface area (Å²) in [6.45, 7) is 0.568. The summed E-state index contributed by atoms with van der Waals surface area (Å²) in [5.41, 5.74) is 0.912. The number of H-pyrrole nitrogens is 1. The molecule has 7 nitrogen and oxygen atoms in total. The minimum atomic E-state index is -0.836. The number of hydrogen-bond donors (Lipinski definition) is 2. The van der Waals surface area contributed by atoms with Gasteiger partial charge in [-0.05, 0) is 37.3 Å². The van der Waals surface area contributed by atoms with Crippen LogP contribution in [0.1, 0.15) is 19.3 Å². The smallest absolute Gasteiger partial charge is 0.247 e. The van der Waals surface area contributed by atoms with Gasteiger partial charge in [-0.25, -0.2) is 9.97 Å². The molecule has 0 radical (unpaired) electrons. The number of nitrogens with zero attached hydrogens (tertiary/aromatic N) is 4. The Labute approximate surface area is 156 Å². The molecule has 1 aliphatic heterocycles. The Hall–Kier alpha value is -3.40. The standard InChI is InChI=1S/C20H18N6O/c21-12-20(14-1-2-14)5-8-26(19(20)27)15-4-7-23-17(9-15)25-18-10-16-13(11-24-18)3-6-22-16/h3-4,6-7,9-11,14,22H,1-2,5,8H2,(H,23,24,25)/t20-/m1/s1. The maximum absolute atomic E-state index is 13.0. The topological polar surface area (TPSA) is 97.7 Å². The number of aromatic amines is 1. The van der Waals surface area contributed by atoms with Crippen LogP contribution in [0.15, 0.2) is 42.9 Å². The molecule has 4 heterocycles. The Balaban J connectivity index is 1.41. The first kappa shape index (κ1) is 15.8. The third kappa shape index (κ3) is 2.53. The van der Waals surface area contributed by atoms with Gasteiger partial charge in [-0.3, -0.25) is 4.79 Å². The van der Waals surface area contributed by atoms with Crippen LogP contribution in [-0.2, 0) is 4.79 Å². The van der Waals surface area contributed by atoms with E-state index in [0.29, 0.717) is 24.6 Å². The minimum Gasteiger partial charge on any atom is -0.361 e. The van der Waals surface area contributed by atoms with Crippen LogP contribution in [0.25, 0.3) is 10.9 Å². The van der Waals surface area contributed by atoms with Crippen LogP contribution >= 0.6 is 0 Å². The minimum absolute atomic E-state index is 0.0735. The molecule has 134 valence electrons. The van der Waals surface area contributed by atoms with E-state index in [0.717, 1.165) is 29.4 Å². The molecule has 7 heteroatoms. The molecule has 5 rings (SSSR count). The van der Waals surface area contributed by atoms with Crippen molar-refractivity contribution in [3.05, 3.63) is 42.9 Å². The van der Waals surface area contributed by atoms with Crippen molar-refractivity contribution in [2.45, 2.75) is 19.3 Å². The zero-order valence-corrected chi connectivity index (χ0v) is 14.6. The van der Waals surface area contributed by atoms with E-state index in [1.165, 1.54) is 0 Å². The number of aromatic nitrogens is 3. The van der Waals surface area contributed by atoms with E-state index in [-0.39, 0.29) is 11.8 Å². The average molecular weight is 358 g/mol. The van der Waals surface area contributed by atoms with Crippen LogP contribution in [0.3, 0.4) is 0 Å². The Morgan fingerprint density at radius 1 is 1.26 bits per heavy atom. The molecule has 1 amide bonds. The molecule has 2 N–H and O–H groups in total. The van der Waals surface area contributed by atoms with Gasteiger partial charge >= 0.3 is 0 Å². The average Bonchev–Trinajstić information content (AvgIpc) is 3.34. The molecule has 1 saturated carbocycles. The van der Waals surface area contributed by atoms with Gasteiger partial charge in [0.2, 0.25) is 5.91 Å². The van der Waals surface area contributed by atoms with E-state index < -0.39 is 5.41 Å². The summed E-state index contributed by atoms with van der Waals surface area (Å²) in [7, 11) is 0. The molecule has 3 aromatic heterocycles. The Bertz CT molecular complexity index is 1080. The van der Waals surface area contributed by atoms with Crippen LogP contribution < -0.4 is 10.2 Å². The highest BCUT2D eigenvalue weighted by Gasteiger charge is 2.56. The van der Waals surface area contributed by atoms with E-state index >= 15 is 0 Å². The van der Waals surface area contributed by atoms with Gasteiger partial charge in [0.25, 0.3) is 0 Å². The van der Waals surface area contributed by atoms with Crippen molar-refractivity contribution in [1.82, 2.24) is 15.0 Å². The summed E-state index contributed by atoms with van der Waals surface area (Å²) in [6.07, 6.45) is 7.88. The van der Waals surface area contributed by atoms with Crippen LogP contribution in [0.5, 0.6) is 0 Å². The monoisotopic (exact) mass is 358 g/mol. The van der Waals surface area contributed by atoms with Crippen molar-refractivity contribution in [2.75, 3.05) is 16.8 Å². The van der Waals surface area contributed by atoms with Crippen LogP contribution in [0.2, 0.25) is 0 Å². The number of nitrogens with one attached hydrogen (secondary N) is 2. The van der Waals surface area contributed by atoms with Crippen molar-refractivity contribution >= 4 is 34.1 Å². The molecule has 27 heavy (non-hydrogen) atoms. The van der Waals surface area contributed by atoms with Gasteiger partial charge in [-0.15, -0.1) is 0 Å². The SMILES string of the molecule is N#C[C@@]1(C2CC2)CCN(c2ccnc(Nc3cc4[nH]ccc4cn3)c2)C1=O. The van der Waals surface area contributed by atoms with Gasteiger partial charge in [0.1, 0.15) is 17.1 Å². The summed E-state index contributed by atoms with van der Waals surface area (Å²) in [5, 5.41) is 13.9. The normalized spacial score (nSPS) is 22.2. The highest BCUT2D eigenvalue weighted by Crippen LogP contribution is 2.51. The lowest BCUT2D eigenvalue weighted by Crippen LogP contribution is -2.35. The van der Waals surface area contributed by atoms with Gasteiger partial charge in [0.15, 0.2) is 0 Å². The van der Waals surface area contributed by atoms with E-state index in [1.54, 1.807) is 17.3 Å². The molecule has 0 bridgehead atoms. The molecule has 1 aliphatic carbocycles. The molecule has 3 aromatic rings. The van der Waals surface area contributed by atoms with E-state index in [9.17, 15) is 10.1 Å². The molecule has 1 atom stereocenters. The third-order valence-electron chi connectivity index (χ3n) is 5.58. The number of amides is 1. The number of carbonyl (C=O) groups excluding carboxylic acids is 1. The zero-order chi connectivity index (χ0) is 18.4. The van der Waals surface area contributed by atoms with Crippen molar-refractivity contribution < 1.29 is 4.79 Å². The number of fused-ring (bicyclic) bond motifs is 1. The zero-order valence-electron chi connectivity index (χ0n) is 14.6. The third-order valence-corrected chi connectivity index (χ3v) is 5.58. The molecule has 2 aliphatic rings. The van der Waals surface area contributed by atoms with Crippen molar-refractivity contribution in [3.8, 4) is 6.07 Å². The van der Waals surface area contributed by atoms with Gasteiger partial charge in [-0.1, -0.05) is 0 Å². The second kappa shape index (κ2) is 5.81. The first-order chi connectivity index (χ1) is 13.2. The number of hydrogen-bond acceptors (Lipinski definition) is 5. The second-order valence-electron chi connectivity index (χ2n) is 7.22. The lowest BCUT2D eigenvalue weighted by molar-refractivity contribution is -0.123. The molecule has 0 unspecified atom stereocenters. The van der Waals surface area contributed by atoms with Gasteiger partial charge in [0.05, 0.1) is 11.6 Å². The van der Waals surface area contributed by atoms with E-state index in [4.69, 9.17) is 0 Å². The molecule has 0 aromatic carbocycles. The van der Waals surface area contributed by atoms with Crippen molar-refractivity contribution in [1.29, 1.82) is 5.26 Å². The van der Waals surface area contributed by atoms with Crippen LogP contribution in [-0.4, -0.2) is 27.4 Å². The largest absolute Gasteiger partial charge is 0.361 e. The maximum atomic E-state index is 13.0. The molecule has 1 saturated heterocycles. The predicted molar refractivity (Wildman–Crippen MR) is 101 cm³/mol. The first-order valence-corrected chi connectivity index (χ1v) is 9.09. The highest BCUT2D eigenvalue weighted by molar-refractivity contribution is 6.02. The summed E-state index contributed by atoms with van der Waals surface area (Å²) < 4.78 is 0. The summed E-state index contributed by atoms with van der Waals surface area (Å²) in [5.74, 6) is 1.43. The van der Waals surface area contributed by atoms with Gasteiger partial charge < -0.3 is 15.2 Å². The van der Waals surface area contributed by atoms with Gasteiger partial charge in [0, 0.05) is 48.3 Å². The fourth-order valence-corrected chi connectivity index (χ4v) is 3.93. The van der Waals surface area contributed by atoms with Gasteiger partial charge in [-0.2, -0.15) is 5.26 Å². The summed E-state index contributed by atoms with van der Waals surface area (Å²) in [4.78, 5) is 26.6. The van der Waals surface area contributed by atoms with E-state index in [2.05, 4.69) is 26.3 Å². The van der Waals surface area contributed by atoms with Crippen LogP contribution in [0.4, 0.5) is 17.3 Å². The quantitative estimate of drug-likeness (QED) is 0.745. The summed E-state index contributed by atoms with van der Waals surface area (Å²) >= 11 is 0. The van der Waals surface area contributed by atoms with Crippen LogP contribution in [0, 0.1) is 22.7 Å². The Morgan fingerprint density at radius 2 is 2.11 bits per heavy atom. The highest BCUT2D eigenvalue weighted by atomic mass is 16.2. The van der Waals surface area contributed by atoms with E-state index in [1.807, 2.05) is 30.5 Å². The maximum Gasteiger partial charge on any atom is 0.247 e. The predicted octanol–water partition coefficient (Wildman–Crippen LogP) is 3.36. The number of anilines is 3. The Morgan fingerprint density at radius 3 is 2.93 bits per heavy atom. The fraction of sp³-hybridized carbons (Fsp3) is 0.300. The summed E-state index contributed by atoms with van der Waals surface area (Å²) in [6, 6.07) is 9.84.